The number of benzene rings is 2. The molecule has 126 valence electrons. The van der Waals surface area contributed by atoms with Crippen molar-refractivity contribution in [2.75, 3.05) is 13.7 Å². The zero-order valence-electron chi connectivity index (χ0n) is 14.2. The first-order valence-corrected chi connectivity index (χ1v) is 8.30. The summed E-state index contributed by atoms with van der Waals surface area (Å²) in [5.74, 6) is 0.593. The molecular formula is C20H23FN2O. The monoisotopic (exact) mass is 326 g/mol. The first-order chi connectivity index (χ1) is 11.7. The van der Waals surface area contributed by atoms with Gasteiger partial charge in [0.25, 0.3) is 0 Å². The van der Waals surface area contributed by atoms with Crippen molar-refractivity contribution >= 4 is 10.9 Å². The summed E-state index contributed by atoms with van der Waals surface area (Å²) in [4.78, 5) is 3.29. The number of ether oxygens (including phenoxy) is 1. The lowest BCUT2D eigenvalue weighted by atomic mass is 9.98. The van der Waals surface area contributed by atoms with Crippen molar-refractivity contribution in [3.63, 3.8) is 0 Å². The second-order valence-electron chi connectivity index (χ2n) is 6.04. The number of hydrogen-bond donors (Lipinski definition) is 2. The van der Waals surface area contributed by atoms with Crippen LogP contribution in [0.25, 0.3) is 22.2 Å². The second-order valence-corrected chi connectivity index (χ2v) is 6.04. The number of fused-ring (bicyclic) bond motifs is 1. The molecule has 1 aromatic heterocycles. The van der Waals surface area contributed by atoms with Gasteiger partial charge in [-0.2, -0.15) is 0 Å². The molecule has 0 aliphatic rings. The Morgan fingerprint density at radius 1 is 1.12 bits per heavy atom. The van der Waals surface area contributed by atoms with Crippen molar-refractivity contribution in [2.24, 2.45) is 5.73 Å². The summed E-state index contributed by atoms with van der Waals surface area (Å²) in [6.07, 6.45) is 2.78. The van der Waals surface area contributed by atoms with Gasteiger partial charge in [0.15, 0.2) is 0 Å². The summed E-state index contributed by atoms with van der Waals surface area (Å²) >= 11 is 0. The first kappa shape index (κ1) is 16.5. The first-order valence-electron chi connectivity index (χ1n) is 8.30. The highest BCUT2D eigenvalue weighted by Crippen LogP contribution is 2.38. The molecule has 0 unspecified atom stereocenters. The number of halogens is 1. The Hall–Kier alpha value is -2.33. The van der Waals surface area contributed by atoms with Gasteiger partial charge in [0.1, 0.15) is 11.6 Å². The number of methoxy groups -OCH3 is 1. The highest BCUT2D eigenvalue weighted by molar-refractivity contribution is 5.92. The molecule has 0 saturated heterocycles. The van der Waals surface area contributed by atoms with Crippen LogP contribution in [-0.2, 0) is 6.42 Å². The van der Waals surface area contributed by atoms with Gasteiger partial charge in [0.05, 0.1) is 18.3 Å². The highest BCUT2D eigenvalue weighted by atomic mass is 19.1. The summed E-state index contributed by atoms with van der Waals surface area (Å²) in [7, 11) is 1.67. The standard InChI is InChI=1S/C20H23FN2O/c1-13-7-5-10-16(20(13)24-2)18-14(8-3-4-12-22)15-9-6-11-17(21)19(15)23-18/h5-7,9-11,23H,3-4,8,12,22H2,1-2H3. The molecule has 1 heterocycles. The third kappa shape index (κ3) is 2.89. The van der Waals surface area contributed by atoms with Crippen LogP contribution in [0.4, 0.5) is 4.39 Å². The molecular weight excluding hydrogens is 303 g/mol. The van der Waals surface area contributed by atoms with E-state index in [1.165, 1.54) is 6.07 Å². The largest absolute Gasteiger partial charge is 0.496 e. The van der Waals surface area contributed by atoms with Gasteiger partial charge in [-0.05, 0) is 56.0 Å². The van der Waals surface area contributed by atoms with E-state index >= 15 is 0 Å². The number of para-hydroxylation sites is 2. The summed E-state index contributed by atoms with van der Waals surface area (Å²) in [5, 5.41) is 0.936. The number of H-pyrrole nitrogens is 1. The summed E-state index contributed by atoms with van der Waals surface area (Å²) < 4.78 is 19.9. The number of aromatic nitrogens is 1. The third-order valence-electron chi connectivity index (χ3n) is 4.46. The molecule has 3 rings (SSSR count). The number of nitrogens with two attached hydrogens (primary N) is 1. The van der Waals surface area contributed by atoms with Crippen LogP contribution < -0.4 is 10.5 Å². The number of rotatable bonds is 6. The van der Waals surface area contributed by atoms with Crippen molar-refractivity contribution in [1.82, 2.24) is 4.98 Å². The number of aryl methyl sites for hydroxylation is 2. The van der Waals surface area contributed by atoms with Gasteiger partial charge in [-0.15, -0.1) is 0 Å². The second kappa shape index (κ2) is 7.05. The van der Waals surface area contributed by atoms with E-state index in [1.54, 1.807) is 13.2 Å². The predicted molar refractivity (Wildman–Crippen MR) is 97.0 cm³/mol. The van der Waals surface area contributed by atoms with E-state index in [2.05, 4.69) is 4.98 Å². The van der Waals surface area contributed by atoms with Gasteiger partial charge in [-0.25, -0.2) is 4.39 Å². The fourth-order valence-corrected chi connectivity index (χ4v) is 3.29. The molecule has 0 spiro atoms. The van der Waals surface area contributed by atoms with E-state index in [0.29, 0.717) is 12.1 Å². The van der Waals surface area contributed by atoms with Crippen molar-refractivity contribution < 1.29 is 9.13 Å². The van der Waals surface area contributed by atoms with E-state index in [9.17, 15) is 4.39 Å². The molecule has 0 aliphatic heterocycles. The summed E-state index contributed by atoms with van der Waals surface area (Å²) in [6.45, 7) is 2.68. The van der Waals surface area contributed by atoms with Gasteiger partial charge >= 0.3 is 0 Å². The van der Waals surface area contributed by atoms with Crippen LogP contribution in [-0.4, -0.2) is 18.6 Å². The summed E-state index contributed by atoms with van der Waals surface area (Å²) in [5.41, 5.74) is 10.3. The van der Waals surface area contributed by atoms with Crippen LogP contribution in [0, 0.1) is 12.7 Å². The maximum Gasteiger partial charge on any atom is 0.147 e. The topological polar surface area (TPSA) is 51.0 Å². The smallest absolute Gasteiger partial charge is 0.147 e. The zero-order valence-corrected chi connectivity index (χ0v) is 14.2. The number of nitrogens with one attached hydrogen (secondary N) is 1. The van der Waals surface area contributed by atoms with Gasteiger partial charge in [-0.3, -0.25) is 0 Å². The van der Waals surface area contributed by atoms with Crippen molar-refractivity contribution in [2.45, 2.75) is 26.2 Å². The lowest BCUT2D eigenvalue weighted by Gasteiger charge is -2.12. The van der Waals surface area contributed by atoms with Crippen molar-refractivity contribution in [3.8, 4) is 17.0 Å². The molecule has 0 fully saturated rings. The molecule has 3 nitrogen and oxygen atoms in total. The van der Waals surface area contributed by atoms with Crippen LogP contribution in [0.2, 0.25) is 0 Å². The third-order valence-corrected chi connectivity index (χ3v) is 4.46. The van der Waals surface area contributed by atoms with E-state index in [-0.39, 0.29) is 5.82 Å². The Bertz CT molecular complexity index is 854. The number of aromatic amines is 1. The predicted octanol–water partition coefficient (Wildman–Crippen LogP) is 4.57. The Balaban J connectivity index is 2.21. The zero-order chi connectivity index (χ0) is 17.1. The van der Waals surface area contributed by atoms with Crippen LogP contribution in [0.3, 0.4) is 0 Å². The lowest BCUT2D eigenvalue weighted by molar-refractivity contribution is 0.413. The maximum absolute atomic E-state index is 14.3. The van der Waals surface area contributed by atoms with Crippen molar-refractivity contribution in [3.05, 3.63) is 53.3 Å². The van der Waals surface area contributed by atoms with E-state index in [0.717, 1.165) is 52.8 Å². The average molecular weight is 326 g/mol. The molecule has 0 amide bonds. The molecule has 4 heteroatoms. The number of hydrogen-bond acceptors (Lipinski definition) is 2. The maximum atomic E-state index is 14.3. The minimum Gasteiger partial charge on any atom is -0.496 e. The van der Waals surface area contributed by atoms with Crippen LogP contribution in [0.15, 0.2) is 36.4 Å². The molecule has 3 N–H and O–H groups in total. The minimum atomic E-state index is -0.231. The number of unbranched alkanes of at least 4 members (excludes halogenated alkanes) is 1. The van der Waals surface area contributed by atoms with E-state index in [4.69, 9.17) is 10.5 Å². The Kier molecular flexibility index (Phi) is 4.86. The van der Waals surface area contributed by atoms with Gasteiger partial charge < -0.3 is 15.5 Å². The summed E-state index contributed by atoms with van der Waals surface area (Å²) in [6, 6.07) is 11.2. The molecule has 0 atom stereocenters. The van der Waals surface area contributed by atoms with Crippen molar-refractivity contribution in [1.29, 1.82) is 0 Å². The van der Waals surface area contributed by atoms with Gasteiger partial charge in [0.2, 0.25) is 0 Å². The molecule has 0 saturated carbocycles. The Morgan fingerprint density at radius 3 is 2.67 bits per heavy atom. The molecule has 0 radical (unpaired) electrons. The van der Waals surface area contributed by atoms with Crippen LogP contribution in [0.5, 0.6) is 5.75 Å². The molecule has 24 heavy (non-hydrogen) atoms. The SMILES string of the molecule is COc1c(C)cccc1-c1[nH]c2c(F)cccc2c1CCCCN. The molecule has 3 aromatic rings. The lowest BCUT2D eigenvalue weighted by Crippen LogP contribution is -1.99. The van der Waals surface area contributed by atoms with Crippen LogP contribution in [0.1, 0.15) is 24.0 Å². The minimum absolute atomic E-state index is 0.231. The Morgan fingerprint density at radius 2 is 1.92 bits per heavy atom. The van der Waals surface area contributed by atoms with Gasteiger partial charge in [-0.1, -0.05) is 24.3 Å². The average Bonchev–Trinajstić information content (AvgIpc) is 2.95. The molecule has 2 aromatic carbocycles. The normalized spacial score (nSPS) is 11.2. The fourth-order valence-electron chi connectivity index (χ4n) is 3.29. The fraction of sp³-hybridized carbons (Fsp3) is 0.300. The molecule has 0 aliphatic carbocycles. The van der Waals surface area contributed by atoms with Crippen LogP contribution >= 0.6 is 0 Å². The molecule has 0 bridgehead atoms. The Labute approximate surface area is 141 Å². The van der Waals surface area contributed by atoms with E-state index < -0.39 is 0 Å². The highest BCUT2D eigenvalue weighted by Gasteiger charge is 2.18. The van der Waals surface area contributed by atoms with E-state index in [1.807, 2.05) is 31.2 Å². The quantitative estimate of drug-likeness (QED) is 0.652. The van der Waals surface area contributed by atoms with Gasteiger partial charge in [0, 0.05) is 10.9 Å².